The summed E-state index contributed by atoms with van der Waals surface area (Å²) < 4.78 is 0.995. The average molecular weight is 351 g/mol. The van der Waals surface area contributed by atoms with Crippen molar-refractivity contribution in [3.63, 3.8) is 0 Å². The number of benzene rings is 1. The molecule has 1 heterocycles. The van der Waals surface area contributed by atoms with Crippen LogP contribution in [0, 0.1) is 5.92 Å². The van der Waals surface area contributed by atoms with E-state index in [1.165, 1.54) is 0 Å². The van der Waals surface area contributed by atoms with Crippen LogP contribution in [0.2, 0.25) is 0 Å². The first-order valence-electron chi connectivity index (χ1n) is 7.34. The van der Waals surface area contributed by atoms with Crippen LogP contribution < -0.4 is 5.32 Å². The largest absolute Gasteiger partial charge is 0.342 e. The Labute approximate surface area is 133 Å². The van der Waals surface area contributed by atoms with E-state index in [0.717, 1.165) is 22.9 Å². The van der Waals surface area contributed by atoms with Crippen molar-refractivity contribution >= 4 is 27.7 Å². The van der Waals surface area contributed by atoms with Crippen LogP contribution in [0.5, 0.6) is 0 Å². The minimum atomic E-state index is -0.727. The molecule has 0 spiro atoms. The highest BCUT2D eigenvalue weighted by Gasteiger charge is 2.51. The van der Waals surface area contributed by atoms with Gasteiger partial charge < -0.3 is 10.2 Å². The lowest BCUT2D eigenvalue weighted by Crippen LogP contribution is -2.56. The van der Waals surface area contributed by atoms with E-state index in [-0.39, 0.29) is 17.7 Å². The fourth-order valence-corrected chi connectivity index (χ4v) is 3.40. The minimum Gasteiger partial charge on any atom is -0.342 e. The lowest BCUT2D eigenvalue weighted by molar-refractivity contribution is -0.139. The van der Waals surface area contributed by atoms with Crippen LogP contribution in [-0.2, 0) is 16.1 Å². The molecule has 21 heavy (non-hydrogen) atoms. The molecule has 1 aromatic rings. The Hall–Kier alpha value is -1.36. The van der Waals surface area contributed by atoms with E-state index >= 15 is 0 Å². The maximum Gasteiger partial charge on any atom is 0.248 e. The first-order chi connectivity index (χ1) is 10.0. The van der Waals surface area contributed by atoms with Crippen molar-refractivity contribution in [2.24, 2.45) is 5.92 Å². The third-order valence-corrected chi connectivity index (χ3v) is 5.23. The van der Waals surface area contributed by atoms with Crippen LogP contribution in [0.25, 0.3) is 0 Å². The molecule has 2 amide bonds. The summed E-state index contributed by atoms with van der Waals surface area (Å²) in [6, 6.07) is 7.90. The molecule has 1 saturated heterocycles. The second-order valence-corrected chi connectivity index (χ2v) is 6.95. The van der Waals surface area contributed by atoms with Gasteiger partial charge in [0.1, 0.15) is 5.54 Å². The number of nitrogens with zero attached hydrogens (tertiary/aromatic N) is 1. The van der Waals surface area contributed by atoms with E-state index in [2.05, 4.69) is 21.2 Å². The van der Waals surface area contributed by atoms with E-state index in [4.69, 9.17) is 0 Å². The molecular weight excluding hydrogens is 332 g/mol. The Bertz CT molecular complexity index is 585. The van der Waals surface area contributed by atoms with Gasteiger partial charge >= 0.3 is 0 Å². The fraction of sp³-hybridized carbons (Fsp3) is 0.500. The summed E-state index contributed by atoms with van der Waals surface area (Å²) in [7, 11) is 0. The van der Waals surface area contributed by atoms with Crippen molar-refractivity contribution in [1.29, 1.82) is 0 Å². The summed E-state index contributed by atoms with van der Waals surface area (Å²) in [5.74, 6) is 0.313. The van der Waals surface area contributed by atoms with Gasteiger partial charge in [-0.3, -0.25) is 9.59 Å². The Balaban J connectivity index is 1.85. The van der Waals surface area contributed by atoms with E-state index in [9.17, 15) is 9.59 Å². The van der Waals surface area contributed by atoms with Crippen LogP contribution in [-0.4, -0.2) is 28.8 Å². The molecular formula is C16H19BrN2O2. The third-order valence-electron chi connectivity index (χ3n) is 4.45. The van der Waals surface area contributed by atoms with Crippen LogP contribution in [0.15, 0.2) is 28.7 Å². The van der Waals surface area contributed by atoms with Crippen LogP contribution in [0.1, 0.15) is 31.7 Å². The fourth-order valence-electron chi connectivity index (χ4n) is 2.99. The quantitative estimate of drug-likeness (QED) is 0.910. The maximum atomic E-state index is 12.9. The van der Waals surface area contributed by atoms with Crippen molar-refractivity contribution in [1.82, 2.24) is 10.2 Å². The smallest absolute Gasteiger partial charge is 0.248 e. The highest BCUT2D eigenvalue weighted by Crippen LogP contribution is 2.41. The van der Waals surface area contributed by atoms with Crippen LogP contribution in [0.4, 0.5) is 0 Å². The molecule has 5 heteroatoms. The van der Waals surface area contributed by atoms with E-state index in [1.54, 1.807) is 0 Å². The number of hydrogen-bond donors (Lipinski definition) is 1. The number of amides is 2. The third kappa shape index (κ3) is 2.84. The number of hydrogen-bond acceptors (Lipinski definition) is 2. The molecule has 1 aromatic carbocycles. The molecule has 2 aliphatic rings. The predicted molar refractivity (Wildman–Crippen MR) is 83.4 cm³/mol. The van der Waals surface area contributed by atoms with Gasteiger partial charge in [0.15, 0.2) is 0 Å². The SMILES string of the molecule is CC1(C2CC2)NC(=O)CCN(Cc2ccccc2Br)C1=O. The molecule has 0 aromatic heterocycles. The zero-order chi connectivity index (χ0) is 15.0. The predicted octanol–water partition coefficient (Wildman–Crippen LogP) is 2.47. The summed E-state index contributed by atoms with van der Waals surface area (Å²) in [6.45, 7) is 2.90. The summed E-state index contributed by atoms with van der Waals surface area (Å²) >= 11 is 3.52. The molecule has 1 saturated carbocycles. The molecule has 1 aliphatic carbocycles. The van der Waals surface area contributed by atoms with Crippen molar-refractivity contribution in [2.75, 3.05) is 6.54 Å². The second kappa shape index (κ2) is 5.44. The van der Waals surface area contributed by atoms with Gasteiger partial charge in [-0.15, -0.1) is 0 Å². The van der Waals surface area contributed by atoms with Crippen molar-refractivity contribution in [2.45, 2.75) is 38.3 Å². The lowest BCUT2D eigenvalue weighted by Gasteiger charge is -2.32. The van der Waals surface area contributed by atoms with E-state index < -0.39 is 5.54 Å². The molecule has 0 radical (unpaired) electrons. The standard InChI is InChI=1S/C16H19BrN2O2/c1-16(12-6-7-12)15(21)19(9-8-14(20)18-16)10-11-4-2-3-5-13(11)17/h2-5,12H,6-10H2,1H3,(H,18,20). The summed E-state index contributed by atoms with van der Waals surface area (Å²) in [4.78, 5) is 26.7. The minimum absolute atomic E-state index is 0.0209. The first kappa shape index (κ1) is 14.6. The molecule has 112 valence electrons. The molecule has 3 rings (SSSR count). The van der Waals surface area contributed by atoms with Gasteiger partial charge in [-0.25, -0.2) is 0 Å². The van der Waals surface area contributed by atoms with Crippen molar-refractivity contribution in [3.8, 4) is 0 Å². The topological polar surface area (TPSA) is 49.4 Å². The van der Waals surface area contributed by atoms with Crippen molar-refractivity contribution < 1.29 is 9.59 Å². The highest BCUT2D eigenvalue weighted by molar-refractivity contribution is 9.10. The molecule has 1 aliphatic heterocycles. The number of carbonyl (C=O) groups is 2. The van der Waals surface area contributed by atoms with E-state index in [1.807, 2.05) is 36.1 Å². The zero-order valence-corrected chi connectivity index (χ0v) is 13.6. The lowest BCUT2D eigenvalue weighted by atomic mass is 9.94. The molecule has 1 N–H and O–H groups in total. The number of carbonyl (C=O) groups excluding carboxylic acids is 2. The Kier molecular flexibility index (Phi) is 3.78. The number of nitrogens with one attached hydrogen (secondary N) is 1. The molecule has 1 atom stereocenters. The Morgan fingerprint density at radius 2 is 2.05 bits per heavy atom. The Morgan fingerprint density at radius 3 is 2.71 bits per heavy atom. The monoisotopic (exact) mass is 350 g/mol. The molecule has 4 nitrogen and oxygen atoms in total. The van der Waals surface area contributed by atoms with Gasteiger partial charge in [0.25, 0.3) is 0 Å². The van der Waals surface area contributed by atoms with E-state index in [0.29, 0.717) is 19.5 Å². The van der Waals surface area contributed by atoms with Crippen LogP contribution >= 0.6 is 15.9 Å². The summed E-state index contributed by atoms with van der Waals surface area (Å²) in [5, 5.41) is 2.96. The highest BCUT2D eigenvalue weighted by atomic mass is 79.9. The van der Waals surface area contributed by atoms with Gasteiger partial charge in [0.05, 0.1) is 0 Å². The summed E-state index contributed by atoms with van der Waals surface area (Å²) in [6.07, 6.45) is 2.41. The number of rotatable bonds is 3. The van der Waals surface area contributed by atoms with Gasteiger partial charge in [0, 0.05) is 24.0 Å². The van der Waals surface area contributed by atoms with Gasteiger partial charge in [-0.2, -0.15) is 0 Å². The molecule has 0 bridgehead atoms. The van der Waals surface area contributed by atoms with Crippen molar-refractivity contribution in [3.05, 3.63) is 34.3 Å². The van der Waals surface area contributed by atoms with Gasteiger partial charge in [-0.1, -0.05) is 34.1 Å². The number of halogens is 1. The normalized spacial score (nSPS) is 26.5. The summed E-state index contributed by atoms with van der Waals surface area (Å²) in [5.41, 5.74) is 0.341. The average Bonchev–Trinajstić information content (AvgIpc) is 3.28. The second-order valence-electron chi connectivity index (χ2n) is 6.09. The maximum absolute atomic E-state index is 12.9. The first-order valence-corrected chi connectivity index (χ1v) is 8.14. The Morgan fingerprint density at radius 1 is 1.33 bits per heavy atom. The zero-order valence-electron chi connectivity index (χ0n) is 12.1. The van der Waals surface area contributed by atoms with Gasteiger partial charge in [0.2, 0.25) is 11.8 Å². The molecule has 2 fully saturated rings. The van der Waals surface area contributed by atoms with Crippen LogP contribution in [0.3, 0.4) is 0 Å². The van der Waals surface area contributed by atoms with Gasteiger partial charge in [-0.05, 0) is 37.3 Å². The molecule has 1 unspecified atom stereocenters.